The van der Waals surface area contributed by atoms with Gasteiger partial charge in [0, 0.05) is 11.0 Å². The molecule has 0 unspecified atom stereocenters. The van der Waals surface area contributed by atoms with Crippen molar-refractivity contribution >= 4 is 5.97 Å². The van der Waals surface area contributed by atoms with Gasteiger partial charge in [-0.05, 0) is 24.3 Å². The summed E-state index contributed by atoms with van der Waals surface area (Å²) in [6.07, 6.45) is 2.08. The van der Waals surface area contributed by atoms with Crippen molar-refractivity contribution in [3.63, 3.8) is 0 Å². The lowest BCUT2D eigenvalue weighted by Gasteiger charge is -2.21. The zero-order valence-electron chi connectivity index (χ0n) is 11.2. The number of ether oxygens (including phenoxy) is 1. The number of rotatable bonds is 5. The predicted octanol–water partition coefficient (Wildman–Crippen LogP) is 3.32. The van der Waals surface area contributed by atoms with Crippen molar-refractivity contribution in [2.24, 2.45) is 0 Å². The fourth-order valence-corrected chi connectivity index (χ4v) is 2.64. The molecule has 0 atom stereocenters. The molecule has 0 spiro atoms. The lowest BCUT2D eigenvalue weighted by molar-refractivity contribution is -0.137. The molecule has 0 bridgehead atoms. The summed E-state index contributed by atoms with van der Waals surface area (Å²) in [6.45, 7) is 4.25. The summed E-state index contributed by atoms with van der Waals surface area (Å²) < 4.78 is 5.55. The zero-order valence-corrected chi connectivity index (χ0v) is 11.2. The molecule has 3 heteroatoms. The van der Waals surface area contributed by atoms with Crippen molar-refractivity contribution in [2.75, 3.05) is 7.11 Å². The Morgan fingerprint density at radius 2 is 2.11 bits per heavy atom. The number of carboxylic acids is 1. The zero-order chi connectivity index (χ0) is 13.3. The summed E-state index contributed by atoms with van der Waals surface area (Å²) >= 11 is 0. The molecule has 1 aromatic rings. The van der Waals surface area contributed by atoms with Crippen LogP contribution in [0.15, 0.2) is 18.2 Å². The van der Waals surface area contributed by atoms with Gasteiger partial charge in [-0.2, -0.15) is 0 Å². The first-order chi connectivity index (χ1) is 8.50. The number of hydrogen-bond donors (Lipinski definition) is 1. The van der Waals surface area contributed by atoms with Crippen molar-refractivity contribution in [1.29, 1.82) is 0 Å². The molecule has 18 heavy (non-hydrogen) atoms. The van der Waals surface area contributed by atoms with Crippen LogP contribution in [0.1, 0.15) is 50.2 Å². The second-order valence-electron chi connectivity index (χ2n) is 5.43. The van der Waals surface area contributed by atoms with Crippen LogP contribution in [0.2, 0.25) is 0 Å². The molecule has 0 aromatic heterocycles. The van der Waals surface area contributed by atoms with Gasteiger partial charge in [0.1, 0.15) is 5.75 Å². The maximum atomic E-state index is 11.0. The van der Waals surface area contributed by atoms with Crippen LogP contribution in [0.25, 0.3) is 0 Å². The fourth-order valence-electron chi connectivity index (χ4n) is 2.64. The third kappa shape index (κ3) is 2.22. The second kappa shape index (κ2) is 4.63. The summed E-state index contributed by atoms with van der Waals surface area (Å²) in [5, 5.41) is 9.05. The highest BCUT2D eigenvalue weighted by Crippen LogP contribution is 2.54. The highest BCUT2D eigenvalue weighted by Gasteiger charge is 2.48. The molecule has 1 aliphatic carbocycles. The summed E-state index contributed by atoms with van der Waals surface area (Å²) in [6, 6.07) is 6.08. The SMILES string of the molecule is COc1c(C(C)C)cccc1C1(CC(=O)O)CC1. The van der Waals surface area contributed by atoms with Crippen molar-refractivity contribution < 1.29 is 14.6 Å². The predicted molar refractivity (Wildman–Crippen MR) is 70.2 cm³/mol. The summed E-state index contributed by atoms with van der Waals surface area (Å²) in [4.78, 5) is 11.0. The van der Waals surface area contributed by atoms with Gasteiger partial charge < -0.3 is 9.84 Å². The van der Waals surface area contributed by atoms with E-state index in [0.717, 1.165) is 29.7 Å². The van der Waals surface area contributed by atoms with Crippen molar-refractivity contribution in [3.05, 3.63) is 29.3 Å². The fraction of sp³-hybridized carbons (Fsp3) is 0.533. The van der Waals surface area contributed by atoms with E-state index in [0.29, 0.717) is 5.92 Å². The summed E-state index contributed by atoms with van der Waals surface area (Å²) in [7, 11) is 1.67. The number of carbonyl (C=O) groups is 1. The van der Waals surface area contributed by atoms with Gasteiger partial charge in [0.2, 0.25) is 0 Å². The minimum absolute atomic E-state index is 0.192. The largest absolute Gasteiger partial charge is 0.496 e. The standard InChI is InChI=1S/C15H20O3/c1-10(2)11-5-4-6-12(14(11)18-3)15(7-8-15)9-13(16)17/h4-6,10H,7-9H2,1-3H3,(H,16,17). The number of benzene rings is 1. The van der Waals surface area contributed by atoms with E-state index in [2.05, 4.69) is 19.9 Å². The molecule has 1 fully saturated rings. The Labute approximate surface area is 108 Å². The van der Waals surface area contributed by atoms with Crippen LogP contribution in [0.4, 0.5) is 0 Å². The van der Waals surface area contributed by atoms with E-state index >= 15 is 0 Å². The maximum Gasteiger partial charge on any atom is 0.304 e. The Balaban J connectivity index is 2.45. The molecule has 0 amide bonds. The third-order valence-electron chi connectivity index (χ3n) is 3.79. The van der Waals surface area contributed by atoms with E-state index in [-0.39, 0.29) is 11.8 Å². The topological polar surface area (TPSA) is 46.5 Å². The highest BCUT2D eigenvalue weighted by atomic mass is 16.5. The van der Waals surface area contributed by atoms with Gasteiger partial charge in [0.15, 0.2) is 0 Å². The van der Waals surface area contributed by atoms with Gasteiger partial charge >= 0.3 is 5.97 Å². The van der Waals surface area contributed by atoms with Gasteiger partial charge in [-0.3, -0.25) is 4.79 Å². The molecule has 1 aromatic carbocycles. The molecule has 1 saturated carbocycles. The van der Waals surface area contributed by atoms with E-state index in [9.17, 15) is 4.79 Å². The highest BCUT2D eigenvalue weighted by molar-refractivity contribution is 5.71. The van der Waals surface area contributed by atoms with Crippen LogP contribution < -0.4 is 4.74 Å². The molecule has 2 rings (SSSR count). The average molecular weight is 248 g/mol. The van der Waals surface area contributed by atoms with Crippen LogP contribution >= 0.6 is 0 Å². The first-order valence-electron chi connectivity index (χ1n) is 6.39. The Bertz CT molecular complexity index is 459. The van der Waals surface area contributed by atoms with Crippen LogP contribution in [0, 0.1) is 0 Å². The molecule has 0 heterocycles. The molecular weight excluding hydrogens is 228 g/mol. The summed E-state index contributed by atoms with van der Waals surface area (Å²) in [5.74, 6) is 0.524. The van der Waals surface area contributed by atoms with Gasteiger partial charge in [0.05, 0.1) is 13.5 Å². The third-order valence-corrected chi connectivity index (χ3v) is 3.79. The van der Waals surface area contributed by atoms with Crippen LogP contribution in [-0.4, -0.2) is 18.2 Å². The first-order valence-corrected chi connectivity index (χ1v) is 6.39. The molecule has 1 aliphatic rings. The van der Waals surface area contributed by atoms with E-state index < -0.39 is 5.97 Å². The Morgan fingerprint density at radius 1 is 1.44 bits per heavy atom. The number of hydrogen-bond acceptors (Lipinski definition) is 2. The monoisotopic (exact) mass is 248 g/mol. The number of aliphatic carboxylic acids is 1. The Hall–Kier alpha value is -1.51. The van der Waals surface area contributed by atoms with Crippen LogP contribution in [-0.2, 0) is 10.2 Å². The normalized spacial score (nSPS) is 16.7. The molecule has 98 valence electrons. The first kappa shape index (κ1) is 12.9. The Morgan fingerprint density at radius 3 is 2.56 bits per heavy atom. The lowest BCUT2D eigenvalue weighted by Crippen LogP contribution is -2.15. The average Bonchev–Trinajstić information content (AvgIpc) is 3.07. The minimum atomic E-state index is -0.732. The lowest BCUT2D eigenvalue weighted by atomic mass is 9.88. The number of carboxylic acid groups (broad SMARTS) is 1. The van der Waals surface area contributed by atoms with E-state index in [1.54, 1.807) is 7.11 Å². The van der Waals surface area contributed by atoms with Crippen molar-refractivity contribution in [3.8, 4) is 5.75 Å². The maximum absolute atomic E-state index is 11.0. The number of methoxy groups -OCH3 is 1. The van der Waals surface area contributed by atoms with Crippen LogP contribution in [0.5, 0.6) is 5.75 Å². The molecule has 0 saturated heterocycles. The molecule has 3 nitrogen and oxygen atoms in total. The van der Waals surface area contributed by atoms with Crippen LogP contribution in [0.3, 0.4) is 0 Å². The van der Waals surface area contributed by atoms with E-state index in [1.807, 2.05) is 12.1 Å². The molecule has 0 radical (unpaired) electrons. The molecule has 0 aliphatic heterocycles. The molecule has 1 N–H and O–H groups in total. The minimum Gasteiger partial charge on any atom is -0.496 e. The number of para-hydroxylation sites is 1. The molecular formula is C15H20O3. The van der Waals surface area contributed by atoms with Gasteiger partial charge in [0.25, 0.3) is 0 Å². The Kier molecular flexibility index (Phi) is 3.33. The van der Waals surface area contributed by atoms with Gasteiger partial charge in [-0.25, -0.2) is 0 Å². The van der Waals surface area contributed by atoms with Gasteiger partial charge in [-0.15, -0.1) is 0 Å². The summed E-state index contributed by atoms with van der Waals surface area (Å²) in [5.41, 5.74) is 2.03. The van der Waals surface area contributed by atoms with E-state index in [1.165, 1.54) is 0 Å². The van der Waals surface area contributed by atoms with Gasteiger partial charge in [-0.1, -0.05) is 32.0 Å². The van der Waals surface area contributed by atoms with Crippen molar-refractivity contribution in [1.82, 2.24) is 0 Å². The van der Waals surface area contributed by atoms with E-state index in [4.69, 9.17) is 9.84 Å². The smallest absolute Gasteiger partial charge is 0.304 e. The van der Waals surface area contributed by atoms with Crippen molar-refractivity contribution in [2.45, 2.75) is 44.4 Å². The quantitative estimate of drug-likeness (QED) is 0.869. The second-order valence-corrected chi connectivity index (χ2v) is 5.43.